The minimum Gasteiger partial charge on any atom is -0.387 e. The second-order valence-corrected chi connectivity index (χ2v) is 4.87. The van der Waals surface area contributed by atoms with Crippen LogP contribution in [0, 0.1) is 6.92 Å². The molecule has 0 radical (unpaired) electrons. The van der Waals surface area contributed by atoms with Crippen molar-refractivity contribution in [2.24, 2.45) is 0 Å². The Bertz CT molecular complexity index is 568. The monoisotopic (exact) mass is 289 g/mol. The summed E-state index contributed by atoms with van der Waals surface area (Å²) in [5.41, 5.74) is 1.93. The average Bonchev–Trinajstić information content (AvgIpc) is 2.98. The van der Waals surface area contributed by atoms with Gasteiger partial charge >= 0.3 is 0 Å². The van der Waals surface area contributed by atoms with Gasteiger partial charge in [-0.15, -0.1) is 5.10 Å². The fourth-order valence-electron chi connectivity index (χ4n) is 2.00. The topological polar surface area (TPSA) is 84.1 Å². The van der Waals surface area contributed by atoms with Crippen LogP contribution in [0.3, 0.4) is 0 Å². The van der Waals surface area contributed by atoms with E-state index in [0.29, 0.717) is 6.54 Å². The van der Waals surface area contributed by atoms with E-state index in [0.717, 1.165) is 11.1 Å². The van der Waals surface area contributed by atoms with Crippen molar-refractivity contribution in [3.05, 3.63) is 41.7 Å². The van der Waals surface area contributed by atoms with Gasteiger partial charge in [-0.2, -0.15) is 0 Å². The lowest BCUT2D eigenvalue weighted by atomic mass is 10.1. The molecule has 1 N–H and O–H groups in total. The number of tetrazole rings is 1. The molecule has 2 rings (SSSR count). The lowest BCUT2D eigenvalue weighted by molar-refractivity contribution is -0.133. The van der Waals surface area contributed by atoms with Crippen LogP contribution in [0.15, 0.2) is 30.6 Å². The van der Waals surface area contributed by atoms with Gasteiger partial charge in [-0.1, -0.05) is 29.8 Å². The first kappa shape index (κ1) is 15.1. The van der Waals surface area contributed by atoms with Gasteiger partial charge in [0.1, 0.15) is 12.9 Å². The molecule has 1 unspecified atom stereocenters. The molecular formula is C14H19N5O2. The average molecular weight is 289 g/mol. The van der Waals surface area contributed by atoms with E-state index in [1.165, 1.54) is 11.0 Å². The Morgan fingerprint density at radius 2 is 2.10 bits per heavy atom. The lowest BCUT2D eigenvalue weighted by Crippen LogP contribution is -2.37. The van der Waals surface area contributed by atoms with E-state index in [-0.39, 0.29) is 19.0 Å². The summed E-state index contributed by atoms with van der Waals surface area (Å²) in [6.45, 7) is 4.70. The largest absolute Gasteiger partial charge is 0.387 e. The number of aryl methyl sites for hydroxylation is 1. The molecular weight excluding hydrogens is 270 g/mol. The van der Waals surface area contributed by atoms with Crippen LogP contribution in [0.1, 0.15) is 24.2 Å². The summed E-state index contributed by atoms with van der Waals surface area (Å²) < 4.78 is 1.36. The minimum absolute atomic E-state index is 0.0709. The Balaban J connectivity index is 1.97. The van der Waals surface area contributed by atoms with Gasteiger partial charge in [-0.25, -0.2) is 4.68 Å². The van der Waals surface area contributed by atoms with Crippen LogP contribution in [0.25, 0.3) is 0 Å². The summed E-state index contributed by atoms with van der Waals surface area (Å²) in [6.07, 6.45) is 0.686. The van der Waals surface area contributed by atoms with Gasteiger partial charge in [0.2, 0.25) is 5.91 Å². The summed E-state index contributed by atoms with van der Waals surface area (Å²) in [5.74, 6) is -0.129. The number of benzene rings is 1. The first-order chi connectivity index (χ1) is 10.1. The molecule has 0 aliphatic rings. The molecule has 0 saturated heterocycles. The fourth-order valence-corrected chi connectivity index (χ4v) is 2.00. The zero-order valence-corrected chi connectivity index (χ0v) is 12.2. The number of rotatable bonds is 6. The minimum atomic E-state index is -0.705. The van der Waals surface area contributed by atoms with Gasteiger partial charge in [0.15, 0.2) is 0 Å². The van der Waals surface area contributed by atoms with Crippen LogP contribution < -0.4 is 0 Å². The van der Waals surface area contributed by atoms with E-state index in [1.54, 1.807) is 4.90 Å². The first-order valence-electron chi connectivity index (χ1n) is 6.83. The summed E-state index contributed by atoms with van der Waals surface area (Å²) in [4.78, 5) is 13.8. The smallest absolute Gasteiger partial charge is 0.244 e. The van der Waals surface area contributed by atoms with Crippen molar-refractivity contribution >= 4 is 5.91 Å². The van der Waals surface area contributed by atoms with Gasteiger partial charge in [0.25, 0.3) is 0 Å². The van der Waals surface area contributed by atoms with E-state index in [9.17, 15) is 9.90 Å². The maximum Gasteiger partial charge on any atom is 0.244 e. The molecule has 1 atom stereocenters. The summed E-state index contributed by atoms with van der Waals surface area (Å²) in [7, 11) is 0. The van der Waals surface area contributed by atoms with Crippen LogP contribution in [-0.4, -0.2) is 49.2 Å². The van der Waals surface area contributed by atoms with E-state index in [2.05, 4.69) is 15.5 Å². The standard InChI is InChI=1S/C14H19N5O2/c1-3-18(14(21)9-19-10-15-16-17-19)8-13(20)12-6-4-11(2)5-7-12/h4-7,10,13,20H,3,8-9H2,1-2H3. The second kappa shape index (κ2) is 6.94. The number of hydrogen-bond acceptors (Lipinski definition) is 5. The zero-order chi connectivity index (χ0) is 15.2. The summed E-state index contributed by atoms with van der Waals surface area (Å²) in [5, 5.41) is 20.9. The third-order valence-corrected chi connectivity index (χ3v) is 3.28. The maximum absolute atomic E-state index is 12.2. The normalized spacial score (nSPS) is 12.1. The van der Waals surface area contributed by atoms with Crippen molar-refractivity contribution in [3.8, 4) is 0 Å². The number of hydrogen-bond donors (Lipinski definition) is 1. The van der Waals surface area contributed by atoms with Crippen molar-refractivity contribution in [1.29, 1.82) is 0 Å². The van der Waals surface area contributed by atoms with Crippen molar-refractivity contribution in [2.75, 3.05) is 13.1 Å². The predicted octanol–water partition coefficient (Wildman–Crippen LogP) is 0.564. The maximum atomic E-state index is 12.2. The molecule has 21 heavy (non-hydrogen) atoms. The van der Waals surface area contributed by atoms with Crippen molar-refractivity contribution in [3.63, 3.8) is 0 Å². The molecule has 0 bridgehead atoms. The first-order valence-corrected chi connectivity index (χ1v) is 6.83. The van der Waals surface area contributed by atoms with Crippen molar-refractivity contribution < 1.29 is 9.90 Å². The van der Waals surface area contributed by atoms with Crippen LogP contribution >= 0.6 is 0 Å². The molecule has 112 valence electrons. The Kier molecular flexibility index (Phi) is 4.99. The predicted molar refractivity (Wildman–Crippen MR) is 76.2 cm³/mol. The zero-order valence-electron chi connectivity index (χ0n) is 12.2. The van der Waals surface area contributed by atoms with E-state index in [4.69, 9.17) is 0 Å². The fraction of sp³-hybridized carbons (Fsp3) is 0.429. The van der Waals surface area contributed by atoms with Crippen LogP contribution in [0.5, 0.6) is 0 Å². The highest BCUT2D eigenvalue weighted by Gasteiger charge is 2.18. The molecule has 0 aliphatic carbocycles. The number of carbonyl (C=O) groups is 1. The Morgan fingerprint density at radius 1 is 1.38 bits per heavy atom. The number of nitrogens with zero attached hydrogens (tertiary/aromatic N) is 5. The highest BCUT2D eigenvalue weighted by molar-refractivity contribution is 5.75. The molecule has 1 heterocycles. The van der Waals surface area contributed by atoms with Crippen LogP contribution in [-0.2, 0) is 11.3 Å². The molecule has 1 amide bonds. The second-order valence-electron chi connectivity index (χ2n) is 4.87. The van der Waals surface area contributed by atoms with Crippen LogP contribution in [0.2, 0.25) is 0 Å². The van der Waals surface area contributed by atoms with Gasteiger partial charge < -0.3 is 10.0 Å². The quantitative estimate of drug-likeness (QED) is 0.840. The third-order valence-electron chi connectivity index (χ3n) is 3.28. The third kappa shape index (κ3) is 4.09. The van der Waals surface area contributed by atoms with E-state index >= 15 is 0 Å². The highest BCUT2D eigenvalue weighted by Crippen LogP contribution is 2.15. The van der Waals surface area contributed by atoms with Gasteiger partial charge in [0.05, 0.1) is 12.6 Å². The number of aliphatic hydroxyl groups excluding tert-OH is 1. The molecule has 0 aliphatic heterocycles. The number of aliphatic hydroxyl groups is 1. The molecule has 1 aromatic heterocycles. The van der Waals surface area contributed by atoms with Gasteiger partial charge in [0, 0.05) is 6.54 Å². The summed E-state index contributed by atoms with van der Waals surface area (Å²) in [6, 6.07) is 7.63. The van der Waals surface area contributed by atoms with Crippen molar-refractivity contribution in [1.82, 2.24) is 25.1 Å². The SMILES string of the molecule is CCN(CC(O)c1ccc(C)cc1)C(=O)Cn1cnnn1. The molecule has 7 nitrogen and oxygen atoms in total. The Hall–Kier alpha value is -2.28. The Morgan fingerprint density at radius 3 is 2.67 bits per heavy atom. The number of likely N-dealkylation sites (N-methyl/N-ethyl adjacent to an activating group) is 1. The molecule has 0 spiro atoms. The molecule has 7 heteroatoms. The van der Waals surface area contributed by atoms with E-state index in [1.807, 2.05) is 38.1 Å². The highest BCUT2D eigenvalue weighted by atomic mass is 16.3. The molecule has 0 fully saturated rings. The lowest BCUT2D eigenvalue weighted by Gasteiger charge is -2.24. The summed E-state index contributed by atoms with van der Waals surface area (Å²) >= 11 is 0. The number of carbonyl (C=O) groups excluding carboxylic acids is 1. The van der Waals surface area contributed by atoms with Gasteiger partial charge in [-0.3, -0.25) is 4.79 Å². The van der Waals surface area contributed by atoms with Crippen molar-refractivity contribution in [2.45, 2.75) is 26.5 Å². The van der Waals surface area contributed by atoms with Gasteiger partial charge in [-0.05, 0) is 29.8 Å². The molecule has 2 aromatic rings. The molecule has 0 saturated carbocycles. The number of aromatic nitrogens is 4. The Labute approximate surface area is 123 Å². The van der Waals surface area contributed by atoms with E-state index < -0.39 is 6.10 Å². The van der Waals surface area contributed by atoms with Crippen LogP contribution in [0.4, 0.5) is 0 Å². The number of amides is 1. The molecule has 1 aromatic carbocycles.